The van der Waals surface area contributed by atoms with Gasteiger partial charge in [0.15, 0.2) is 0 Å². The lowest BCUT2D eigenvalue weighted by atomic mass is 10.1. The van der Waals surface area contributed by atoms with E-state index in [2.05, 4.69) is 15.0 Å². The van der Waals surface area contributed by atoms with Crippen LogP contribution in [0.3, 0.4) is 0 Å². The lowest BCUT2D eigenvalue weighted by molar-refractivity contribution is -0.00393. The van der Waals surface area contributed by atoms with Gasteiger partial charge in [0.1, 0.15) is 4.88 Å². The molecule has 6 nitrogen and oxygen atoms in total. The van der Waals surface area contributed by atoms with E-state index in [0.717, 1.165) is 39.8 Å². The van der Waals surface area contributed by atoms with Crippen LogP contribution in [-0.2, 0) is 11.2 Å². The van der Waals surface area contributed by atoms with Gasteiger partial charge in [-0.15, -0.1) is 11.3 Å². The maximum Gasteiger partial charge on any atom is 0.266 e. The summed E-state index contributed by atoms with van der Waals surface area (Å²) in [5, 5.41) is 0.927. The molecule has 1 saturated heterocycles. The minimum atomic E-state index is 0.0643. The Bertz CT molecular complexity index is 731. The molecule has 2 aromatic heterocycles. The number of morpholine rings is 1. The van der Waals surface area contributed by atoms with Crippen LogP contribution >= 0.6 is 11.3 Å². The third kappa shape index (κ3) is 3.62. The molecule has 0 radical (unpaired) electrons. The first-order valence-electron chi connectivity index (χ1n) is 8.15. The van der Waals surface area contributed by atoms with Crippen LogP contribution in [0.4, 0.5) is 0 Å². The standard InChI is InChI=1S/C17H22N4O2S/c1-11-15(19-7-6-18-11)5-4-14-10-23-9-8-21(14)17(22)16-12(2)20-13(3)24-16/h6-7,14H,4-5,8-10H2,1-3H3/t14-/m0/s1. The summed E-state index contributed by atoms with van der Waals surface area (Å²) in [7, 11) is 0. The SMILES string of the molecule is Cc1nc(C)c(C(=O)N2CCOC[C@@H]2CCc2nccnc2C)s1. The summed E-state index contributed by atoms with van der Waals surface area (Å²) in [6.07, 6.45) is 5.03. The first-order valence-corrected chi connectivity index (χ1v) is 8.97. The predicted molar refractivity (Wildman–Crippen MR) is 92.3 cm³/mol. The molecule has 128 valence electrons. The second-order valence-corrected chi connectivity index (χ2v) is 7.21. The minimum Gasteiger partial charge on any atom is -0.377 e. The summed E-state index contributed by atoms with van der Waals surface area (Å²) in [4.78, 5) is 28.7. The van der Waals surface area contributed by atoms with Crippen molar-refractivity contribution in [3.05, 3.63) is 39.4 Å². The first-order chi connectivity index (χ1) is 11.6. The van der Waals surface area contributed by atoms with E-state index in [1.807, 2.05) is 25.7 Å². The lowest BCUT2D eigenvalue weighted by Gasteiger charge is -2.35. The van der Waals surface area contributed by atoms with Gasteiger partial charge in [-0.05, 0) is 33.6 Å². The summed E-state index contributed by atoms with van der Waals surface area (Å²) in [6.45, 7) is 7.58. The number of thiazole rings is 1. The molecular weight excluding hydrogens is 324 g/mol. The topological polar surface area (TPSA) is 68.2 Å². The highest BCUT2D eigenvalue weighted by molar-refractivity contribution is 7.13. The molecule has 1 amide bonds. The van der Waals surface area contributed by atoms with Crippen LogP contribution in [0, 0.1) is 20.8 Å². The average molecular weight is 346 g/mol. The summed E-state index contributed by atoms with van der Waals surface area (Å²) in [5.41, 5.74) is 2.75. The average Bonchev–Trinajstić information content (AvgIpc) is 2.92. The Balaban J connectivity index is 1.72. The molecule has 0 aromatic carbocycles. The van der Waals surface area contributed by atoms with Gasteiger partial charge in [0.2, 0.25) is 0 Å². The van der Waals surface area contributed by atoms with Crippen LogP contribution < -0.4 is 0 Å². The van der Waals surface area contributed by atoms with Gasteiger partial charge in [-0.1, -0.05) is 0 Å². The Kier molecular flexibility index (Phi) is 5.20. The number of carbonyl (C=O) groups is 1. The molecule has 0 saturated carbocycles. The number of amides is 1. The molecular formula is C17H22N4O2S. The summed E-state index contributed by atoms with van der Waals surface area (Å²) < 4.78 is 5.61. The van der Waals surface area contributed by atoms with Gasteiger partial charge >= 0.3 is 0 Å². The Hall–Kier alpha value is -1.86. The van der Waals surface area contributed by atoms with Crippen molar-refractivity contribution in [3.8, 4) is 0 Å². The normalized spacial score (nSPS) is 18.0. The molecule has 24 heavy (non-hydrogen) atoms. The number of nitrogens with zero attached hydrogens (tertiary/aromatic N) is 4. The van der Waals surface area contributed by atoms with Crippen molar-refractivity contribution >= 4 is 17.2 Å². The molecule has 1 aliphatic rings. The van der Waals surface area contributed by atoms with E-state index in [1.54, 1.807) is 12.4 Å². The molecule has 1 aliphatic heterocycles. The van der Waals surface area contributed by atoms with Crippen molar-refractivity contribution in [3.63, 3.8) is 0 Å². The third-order valence-corrected chi connectivity index (χ3v) is 5.34. The zero-order chi connectivity index (χ0) is 17.1. The van der Waals surface area contributed by atoms with Crippen LogP contribution in [0.25, 0.3) is 0 Å². The smallest absolute Gasteiger partial charge is 0.266 e. The number of hydrogen-bond acceptors (Lipinski definition) is 6. The fraction of sp³-hybridized carbons (Fsp3) is 0.529. The maximum atomic E-state index is 12.9. The van der Waals surface area contributed by atoms with Crippen LogP contribution in [0.15, 0.2) is 12.4 Å². The number of ether oxygens (including phenoxy) is 1. The van der Waals surface area contributed by atoms with E-state index in [9.17, 15) is 4.79 Å². The van der Waals surface area contributed by atoms with Crippen molar-refractivity contribution in [2.24, 2.45) is 0 Å². The maximum absolute atomic E-state index is 12.9. The molecule has 0 N–H and O–H groups in total. The Morgan fingerprint density at radius 3 is 2.79 bits per heavy atom. The monoisotopic (exact) mass is 346 g/mol. The van der Waals surface area contributed by atoms with Gasteiger partial charge in [0, 0.05) is 18.9 Å². The molecule has 1 atom stereocenters. The number of aryl methyl sites for hydroxylation is 4. The zero-order valence-corrected chi connectivity index (χ0v) is 15.1. The van der Waals surface area contributed by atoms with E-state index < -0.39 is 0 Å². The zero-order valence-electron chi connectivity index (χ0n) is 14.3. The molecule has 3 rings (SSSR count). The second-order valence-electron chi connectivity index (χ2n) is 6.00. The van der Waals surface area contributed by atoms with E-state index in [1.165, 1.54) is 11.3 Å². The van der Waals surface area contributed by atoms with E-state index in [-0.39, 0.29) is 11.9 Å². The molecule has 2 aromatic rings. The van der Waals surface area contributed by atoms with Crippen LogP contribution in [-0.4, -0.2) is 51.6 Å². The number of carbonyl (C=O) groups excluding carboxylic acids is 1. The quantitative estimate of drug-likeness (QED) is 0.850. The van der Waals surface area contributed by atoms with E-state index >= 15 is 0 Å². The molecule has 0 unspecified atom stereocenters. The van der Waals surface area contributed by atoms with Gasteiger partial charge in [-0.2, -0.15) is 0 Å². The van der Waals surface area contributed by atoms with Crippen molar-refractivity contribution in [2.75, 3.05) is 19.8 Å². The molecule has 3 heterocycles. The second kappa shape index (κ2) is 7.36. The third-order valence-electron chi connectivity index (χ3n) is 4.28. The van der Waals surface area contributed by atoms with Gasteiger partial charge in [-0.3, -0.25) is 14.8 Å². The molecule has 0 bridgehead atoms. The molecule has 0 aliphatic carbocycles. The van der Waals surface area contributed by atoms with E-state index in [0.29, 0.717) is 19.8 Å². The predicted octanol–water partition coefficient (Wildman–Crippen LogP) is 2.33. The molecule has 1 fully saturated rings. The highest BCUT2D eigenvalue weighted by Gasteiger charge is 2.30. The lowest BCUT2D eigenvalue weighted by Crippen LogP contribution is -2.48. The van der Waals surface area contributed by atoms with Crippen molar-refractivity contribution < 1.29 is 9.53 Å². The number of hydrogen-bond donors (Lipinski definition) is 0. The highest BCUT2D eigenvalue weighted by Crippen LogP contribution is 2.23. The summed E-state index contributed by atoms with van der Waals surface area (Å²) in [6, 6.07) is 0.0643. The van der Waals surface area contributed by atoms with Crippen LogP contribution in [0.1, 0.15) is 38.2 Å². The highest BCUT2D eigenvalue weighted by atomic mass is 32.1. The Morgan fingerprint density at radius 1 is 1.29 bits per heavy atom. The Labute approximate surface area is 145 Å². The van der Waals surface area contributed by atoms with Crippen molar-refractivity contribution in [1.29, 1.82) is 0 Å². The summed E-state index contributed by atoms with van der Waals surface area (Å²) >= 11 is 1.47. The molecule has 7 heteroatoms. The number of aromatic nitrogens is 3. The first kappa shape index (κ1) is 17.0. The fourth-order valence-corrected chi connectivity index (χ4v) is 3.88. The summed E-state index contributed by atoms with van der Waals surface area (Å²) in [5.74, 6) is 0.0715. The Morgan fingerprint density at radius 2 is 2.08 bits per heavy atom. The van der Waals surface area contributed by atoms with E-state index in [4.69, 9.17) is 4.74 Å². The van der Waals surface area contributed by atoms with Crippen molar-refractivity contribution in [1.82, 2.24) is 19.9 Å². The van der Waals surface area contributed by atoms with Crippen molar-refractivity contribution in [2.45, 2.75) is 39.7 Å². The van der Waals surface area contributed by atoms with Gasteiger partial charge < -0.3 is 9.64 Å². The van der Waals surface area contributed by atoms with Gasteiger partial charge in [0.05, 0.1) is 41.3 Å². The molecule has 0 spiro atoms. The largest absolute Gasteiger partial charge is 0.377 e. The van der Waals surface area contributed by atoms with Gasteiger partial charge in [0.25, 0.3) is 5.91 Å². The van der Waals surface area contributed by atoms with Gasteiger partial charge in [-0.25, -0.2) is 4.98 Å². The van der Waals surface area contributed by atoms with Crippen LogP contribution in [0.2, 0.25) is 0 Å². The number of rotatable bonds is 4. The van der Waals surface area contributed by atoms with Crippen LogP contribution in [0.5, 0.6) is 0 Å². The minimum absolute atomic E-state index is 0.0643. The fourth-order valence-electron chi connectivity index (χ4n) is 3.01.